The van der Waals surface area contributed by atoms with Crippen molar-refractivity contribution in [1.29, 1.82) is 0 Å². The van der Waals surface area contributed by atoms with Gasteiger partial charge in [-0.25, -0.2) is 27.9 Å². The molecule has 10 heteroatoms. The first-order valence-electron chi connectivity index (χ1n) is 8.66. The van der Waals surface area contributed by atoms with E-state index in [-0.39, 0.29) is 30.0 Å². The fourth-order valence-corrected chi connectivity index (χ4v) is 2.98. The van der Waals surface area contributed by atoms with E-state index in [1.165, 1.54) is 17.8 Å². The molecule has 0 aliphatic rings. The van der Waals surface area contributed by atoms with Crippen LogP contribution in [0.4, 0.5) is 8.78 Å². The third kappa shape index (κ3) is 3.00. The van der Waals surface area contributed by atoms with E-state index < -0.39 is 34.9 Å². The Kier molecular flexibility index (Phi) is 5.12. The zero-order chi connectivity index (χ0) is 20.6. The Labute approximate surface area is 157 Å². The summed E-state index contributed by atoms with van der Waals surface area (Å²) in [6, 6.07) is 1.82. The van der Waals surface area contributed by atoms with Gasteiger partial charge in [0.15, 0.2) is 11.2 Å². The lowest BCUT2D eigenvalue weighted by Crippen LogP contribution is -2.40. The number of ether oxygens (including phenoxy) is 1. The van der Waals surface area contributed by atoms with E-state index in [0.717, 1.165) is 21.3 Å². The van der Waals surface area contributed by atoms with Crippen LogP contribution in [0.1, 0.15) is 26.8 Å². The van der Waals surface area contributed by atoms with Crippen LogP contribution in [0.3, 0.4) is 0 Å². The van der Waals surface area contributed by atoms with Crippen molar-refractivity contribution in [2.45, 2.75) is 33.4 Å². The largest absolute Gasteiger partial charge is 0.464 e. The first-order valence-corrected chi connectivity index (χ1v) is 8.66. The molecule has 0 fully saturated rings. The molecule has 0 saturated carbocycles. The SMILES string of the molecule is CCOC(=O)[C@H](C)n1cnc2c1c(=O)n(CC)c(=O)n2-c1ccc(F)cc1F. The third-order valence-electron chi connectivity index (χ3n) is 4.37. The lowest BCUT2D eigenvalue weighted by atomic mass is 10.3. The highest BCUT2D eigenvalue weighted by molar-refractivity contribution is 5.79. The summed E-state index contributed by atoms with van der Waals surface area (Å²) < 4.78 is 35.7. The molecule has 0 aliphatic carbocycles. The smallest absolute Gasteiger partial charge is 0.337 e. The minimum Gasteiger partial charge on any atom is -0.464 e. The summed E-state index contributed by atoms with van der Waals surface area (Å²) >= 11 is 0. The molecule has 0 saturated heterocycles. The molecule has 0 radical (unpaired) electrons. The summed E-state index contributed by atoms with van der Waals surface area (Å²) in [5, 5.41) is 0. The number of aromatic nitrogens is 4. The van der Waals surface area contributed by atoms with E-state index in [1.54, 1.807) is 13.8 Å². The van der Waals surface area contributed by atoms with Crippen LogP contribution in [-0.4, -0.2) is 31.3 Å². The predicted molar refractivity (Wildman–Crippen MR) is 96.5 cm³/mol. The van der Waals surface area contributed by atoms with E-state index in [0.29, 0.717) is 6.07 Å². The average molecular weight is 392 g/mol. The number of hydrogen-bond donors (Lipinski definition) is 0. The number of halogens is 2. The summed E-state index contributed by atoms with van der Waals surface area (Å²) in [6.07, 6.45) is 1.21. The van der Waals surface area contributed by atoms with Crippen molar-refractivity contribution in [1.82, 2.24) is 18.7 Å². The van der Waals surface area contributed by atoms with Crippen molar-refractivity contribution in [3.05, 3.63) is 57.0 Å². The van der Waals surface area contributed by atoms with Crippen molar-refractivity contribution >= 4 is 17.1 Å². The molecule has 2 aromatic heterocycles. The van der Waals surface area contributed by atoms with Crippen LogP contribution in [0.2, 0.25) is 0 Å². The lowest BCUT2D eigenvalue weighted by Gasteiger charge is -2.15. The summed E-state index contributed by atoms with van der Waals surface area (Å²) in [4.78, 5) is 41.8. The van der Waals surface area contributed by atoms with Crippen molar-refractivity contribution in [2.24, 2.45) is 0 Å². The minimum atomic E-state index is -0.988. The van der Waals surface area contributed by atoms with Gasteiger partial charge in [-0.05, 0) is 32.9 Å². The van der Waals surface area contributed by atoms with Crippen LogP contribution >= 0.6 is 0 Å². The molecular weight excluding hydrogens is 374 g/mol. The molecule has 0 bridgehead atoms. The van der Waals surface area contributed by atoms with Crippen LogP contribution < -0.4 is 11.2 Å². The number of hydrogen-bond acceptors (Lipinski definition) is 5. The number of benzene rings is 1. The van der Waals surface area contributed by atoms with Gasteiger partial charge in [0.05, 0.1) is 18.6 Å². The van der Waals surface area contributed by atoms with Crippen molar-refractivity contribution < 1.29 is 18.3 Å². The van der Waals surface area contributed by atoms with Gasteiger partial charge in [0.1, 0.15) is 17.7 Å². The van der Waals surface area contributed by atoms with Gasteiger partial charge in [-0.1, -0.05) is 0 Å². The maximum Gasteiger partial charge on any atom is 0.337 e. The average Bonchev–Trinajstić information content (AvgIpc) is 3.08. The highest BCUT2D eigenvalue weighted by Crippen LogP contribution is 2.20. The van der Waals surface area contributed by atoms with E-state index >= 15 is 0 Å². The standard InChI is InChI=1S/C18H18F2N4O4/c1-4-22-16(25)14-15(21-9-23(14)10(3)17(26)28-5-2)24(18(22)27)13-7-6-11(19)8-12(13)20/h6-10H,4-5H2,1-3H3/t10-/m0/s1. The normalized spacial score (nSPS) is 12.3. The Hall–Kier alpha value is -3.30. The number of carbonyl (C=O) groups is 1. The van der Waals surface area contributed by atoms with Crippen molar-refractivity contribution in [3.8, 4) is 5.69 Å². The molecule has 3 rings (SSSR count). The monoisotopic (exact) mass is 392 g/mol. The van der Waals surface area contributed by atoms with Gasteiger partial charge in [-0.2, -0.15) is 0 Å². The predicted octanol–water partition coefficient (Wildman–Crippen LogP) is 1.77. The molecule has 0 N–H and O–H groups in total. The van der Waals surface area contributed by atoms with Gasteiger partial charge in [-0.15, -0.1) is 0 Å². The Bertz CT molecular complexity index is 1180. The van der Waals surface area contributed by atoms with Crippen LogP contribution in [0.25, 0.3) is 16.9 Å². The van der Waals surface area contributed by atoms with E-state index in [2.05, 4.69) is 4.98 Å². The molecular formula is C18H18F2N4O4. The molecule has 8 nitrogen and oxygen atoms in total. The molecule has 2 heterocycles. The summed E-state index contributed by atoms with van der Waals surface area (Å²) in [5.41, 5.74) is -1.95. The van der Waals surface area contributed by atoms with Crippen molar-refractivity contribution in [2.75, 3.05) is 6.61 Å². The highest BCUT2D eigenvalue weighted by Gasteiger charge is 2.25. The second kappa shape index (κ2) is 7.37. The number of nitrogens with zero attached hydrogens (tertiary/aromatic N) is 4. The van der Waals surface area contributed by atoms with Crippen LogP contribution in [-0.2, 0) is 16.1 Å². The second-order valence-corrected chi connectivity index (χ2v) is 6.02. The summed E-state index contributed by atoms with van der Waals surface area (Å²) in [6.45, 7) is 4.91. The molecule has 0 aliphatic heterocycles. The molecule has 0 unspecified atom stereocenters. The highest BCUT2D eigenvalue weighted by atomic mass is 19.1. The number of imidazole rings is 1. The first-order chi connectivity index (χ1) is 13.3. The minimum absolute atomic E-state index is 0.00931. The Morgan fingerprint density at radius 1 is 1.25 bits per heavy atom. The van der Waals surface area contributed by atoms with Gasteiger partial charge in [0.25, 0.3) is 5.56 Å². The van der Waals surface area contributed by atoms with E-state index in [1.807, 2.05) is 0 Å². The summed E-state index contributed by atoms with van der Waals surface area (Å²) in [7, 11) is 0. The summed E-state index contributed by atoms with van der Waals surface area (Å²) in [5.74, 6) is -2.39. The molecule has 1 atom stereocenters. The number of esters is 1. The first kappa shape index (κ1) is 19.5. The zero-order valence-electron chi connectivity index (χ0n) is 15.5. The second-order valence-electron chi connectivity index (χ2n) is 6.02. The Morgan fingerprint density at radius 3 is 2.57 bits per heavy atom. The van der Waals surface area contributed by atoms with Crippen LogP contribution in [0, 0.1) is 11.6 Å². The topological polar surface area (TPSA) is 88.1 Å². The fourth-order valence-electron chi connectivity index (χ4n) is 2.98. The lowest BCUT2D eigenvalue weighted by molar-refractivity contribution is -0.146. The number of carbonyl (C=O) groups excluding carboxylic acids is 1. The fraction of sp³-hybridized carbons (Fsp3) is 0.333. The Morgan fingerprint density at radius 2 is 1.96 bits per heavy atom. The molecule has 0 amide bonds. The molecule has 148 valence electrons. The van der Waals surface area contributed by atoms with Gasteiger partial charge in [0, 0.05) is 12.6 Å². The van der Waals surface area contributed by atoms with Gasteiger partial charge < -0.3 is 9.30 Å². The van der Waals surface area contributed by atoms with E-state index in [4.69, 9.17) is 4.74 Å². The molecule has 1 aromatic carbocycles. The van der Waals surface area contributed by atoms with E-state index in [9.17, 15) is 23.2 Å². The van der Waals surface area contributed by atoms with Crippen molar-refractivity contribution in [3.63, 3.8) is 0 Å². The van der Waals surface area contributed by atoms with Gasteiger partial charge in [-0.3, -0.25) is 9.36 Å². The van der Waals surface area contributed by atoms with Crippen LogP contribution in [0.15, 0.2) is 34.1 Å². The van der Waals surface area contributed by atoms with Crippen LogP contribution in [0.5, 0.6) is 0 Å². The number of fused-ring (bicyclic) bond motifs is 1. The van der Waals surface area contributed by atoms with Gasteiger partial charge >= 0.3 is 11.7 Å². The number of rotatable bonds is 5. The maximum absolute atomic E-state index is 14.4. The quantitative estimate of drug-likeness (QED) is 0.618. The Balaban J connectivity index is 2.39. The third-order valence-corrected chi connectivity index (χ3v) is 4.37. The molecule has 0 spiro atoms. The zero-order valence-corrected chi connectivity index (χ0v) is 15.5. The molecule has 3 aromatic rings. The molecule has 28 heavy (non-hydrogen) atoms. The van der Waals surface area contributed by atoms with Gasteiger partial charge in [0.2, 0.25) is 0 Å². The maximum atomic E-state index is 14.4.